The Morgan fingerprint density at radius 1 is 1.08 bits per heavy atom. The van der Waals surface area contributed by atoms with Crippen LogP contribution in [0.5, 0.6) is 0 Å². The van der Waals surface area contributed by atoms with Crippen LogP contribution < -0.4 is 0 Å². The van der Waals surface area contributed by atoms with E-state index in [4.69, 9.17) is 14.2 Å². The molecule has 9 heteroatoms. The zero-order valence-electron chi connectivity index (χ0n) is 22.5. The molecule has 208 valence electrons. The first kappa shape index (κ1) is 27.3. The van der Waals surface area contributed by atoms with Gasteiger partial charge in [-0.1, -0.05) is 39.0 Å². The molecule has 4 aliphatic rings. The van der Waals surface area contributed by atoms with E-state index in [1.165, 1.54) is 6.92 Å². The fourth-order valence-corrected chi connectivity index (χ4v) is 7.90. The van der Waals surface area contributed by atoms with Crippen molar-refractivity contribution in [2.45, 2.75) is 95.6 Å². The van der Waals surface area contributed by atoms with Gasteiger partial charge in [-0.2, -0.15) is 0 Å². The molecule has 38 heavy (non-hydrogen) atoms. The van der Waals surface area contributed by atoms with Crippen molar-refractivity contribution in [3.05, 3.63) is 47.0 Å². The maximum atomic E-state index is 13.6. The molecule has 2 bridgehead atoms. The molecule has 0 unspecified atom stereocenters. The van der Waals surface area contributed by atoms with Crippen LogP contribution in [0, 0.1) is 16.7 Å². The Morgan fingerprint density at radius 3 is 2.32 bits per heavy atom. The minimum atomic E-state index is -1.90. The Hall–Kier alpha value is -2.30. The highest BCUT2D eigenvalue weighted by Gasteiger charge is 2.75. The van der Waals surface area contributed by atoms with Gasteiger partial charge in [-0.25, -0.2) is 4.79 Å². The van der Waals surface area contributed by atoms with Crippen LogP contribution in [0.2, 0.25) is 0 Å². The van der Waals surface area contributed by atoms with Gasteiger partial charge in [0.05, 0.1) is 30.3 Å². The summed E-state index contributed by atoms with van der Waals surface area (Å²) in [6, 6.07) is 8.36. The molecule has 3 aliphatic carbocycles. The molecule has 9 nitrogen and oxygen atoms in total. The van der Waals surface area contributed by atoms with Gasteiger partial charge in [-0.3, -0.25) is 4.79 Å². The third-order valence-electron chi connectivity index (χ3n) is 10.0. The molecule has 4 N–H and O–H groups in total. The first-order valence-corrected chi connectivity index (χ1v) is 13.3. The number of carbonyl (C=O) groups excluding carboxylic acids is 2. The number of hydrogen-bond donors (Lipinski definition) is 4. The molecule has 1 aromatic carbocycles. The van der Waals surface area contributed by atoms with Crippen LogP contribution >= 0.6 is 0 Å². The van der Waals surface area contributed by atoms with E-state index in [1.807, 2.05) is 0 Å². The number of aliphatic hydroxyl groups is 4. The fourth-order valence-electron chi connectivity index (χ4n) is 7.90. The molecule has 1 saturated heterocycles. The predicted molar refractivity (Wildman–Crippen MR) is 135 cm³/mol. The smallest absolute Gasteiger partial charge is 0.338 e. The topological polar surface area (TPSA) is 143 Å². The summed E-state index contributed by atoms with van der Waals surface area (Å²) in [6.45, 7) is 8.16. The van der Waals surface area contributed by atoms with Crippen molar-refractivity contribution in [2.75, 3.05) is 6.61 Å². The molecule has 0 amide bonds. The van der Waals surface area contributed by atoms with Crippen LogP contribution in [0.25, 0.3) is 0 Å². The van der Waals surface area contributed by atoms with Gasteiger partial charge in [0, 0.05) is 24.2 Å². The fraction of sp³-hybridized carbons (Fsp3) is 0.655. The van der Waals surface area contributed by atoms with Crippen molar-refractivity contribution in [2.24, 2.45) is 16.7 Å². The number of rotatable bonds is 3. The monoisotopic (exact) mass is 530 g/mol. The summed E-state index contributed by atoms with van der Waals surface area (Å²) in [4.78, 5) is 26.0. The molecule has 3 fully saturated rings. The van der Waals surface area contributed by atoms with E-state index in [9.17, 15) is 30.0 Å². The lowest BCUT2D eigenvalue weighted by molar-refractivity contribution is -0.348. The quantitative estimate of drug-likeness (QED) is 0.340. The Balaban J connectivity index is 1.78. The second-order valence-corrected chi connectivity index (χ2v) is 12.3. The third-order valence-corrected chi connectivity index (χ3v) is 10.0. The number of aliphatic hydroxyl groups excluding tert-OH is 3. The average molecular weight is 531 g/mol. The second kappa shape index (κ2) is 8.86. The summed E-state index contributed by atoms with van der Waals surface area (Å²) >= 11 is 0. The Bertz CT molecular complexity index is 1160. The Labute approximate surface area is 222 Å². The van der Waals surface area contributed by atoms with Crippen molar-refractivity contribution < 1.29 is 44.2 Å². The largest absolute Gasteiger partial charge is 0.455 e. The van der Waals surface area contributed by atoms with Gasteiger partial charge in [0.1, 0.15) is 23.9 Å². The number of esters is 2. The first-order chi connectivity index (χ1) is 17.7. The molecule has 1 aliphatic heterocycles. The number of ether oxygens (including phenoxy) is 3. The van der Waals surface area contributed by atoms with E-state index in [0.717, 1.165) is 0 Å². The van der Waals surface area contributed by atoms with Crippen LogP contribution in [0.15, 0.2) is 41.5 Å². The molecular weight excluding hydrogens is 492 g/mol. The lowest BCUT2D eigenvalue weighted by Crippen LogP contribution is -2.80. The lowest BCUT2D eigenvalue weighted by Gasteiger charge is -2.68. The van der Waals surface area contributed by atoms with E-state index >= 15 is 0 Å². The maximum absolute atomic E-state index is 13.6. The van der Waals surface area contributed by atoms with Gasteiger partial charge in [-0.15, -0.1) is 0 Å². The van der Waals surface area contributed by atoms with E-state index in [0.29, 0.717) is 24.0 Å². The second-order valence-electron chi connectivity index (χ2n) is 12.3. The number of fused-ring (bicyclic) bond motifs is 5. The maximum Gasteiger partial charge on any atom is 0.338 e. The lowest BCUT2D eigenvalue weighted by atomic mass is 9.45. The molecule has 5 rings (SSSR count). The van der Waals surface area contributed by atoms with Gasteiger partial charge in [0.15, 0.2) is 5.60 Å². The van der Waals surface area contributed by atoms with Crippen LogP contribution in [-0.2, 0) is 19.0 Å². The minimum absolute atomic E-state index is 0.0134. The Kier molecular flexibility index (Phi) is 6.36. The molecular formula is C29H38O9. The predicted octanol–water partition coefficient (Wildman–Crippen LogP) is 1.90. The summed E-state index contributed by atoms with van der Waals surface area (Å²) in [5, 5.41) is 47.3. The molecule has 0 aromatic heterocycles. The molecule has 0 spiro atoms. The van der Waals surface area contributed by atoms with Crippen molar-refractivity contribution in [1.82, 2.24) is 0 Å². The highest BCUT2D eigenvalue weighted by molar-refractivity contribution is 5.89. The molecule has 1 aromatic rings. The van der Waals surface area contributed by atoms with Crippen LogP contribution in [-0.4, -0.2) is 80.7 Å². The minimum Gasteiger partial charge on any atom is -0.455 e. The summed E-state index contributed by atoms with van der Waals surface area (Å²) < 4.78 is 18.0. The summed E-state index contributed by atoms with van der Waals surface area (Å²) in [5.41, 5.74) is -4.56. The SMILES string of the molecule is CC(=O)O[C@@]12CO[C@@H]1CC[C@@]1(C)[C@H](O)[C@H](O)C3=C(C)[C@@H](O)C[C@@](O)([C@@H](OC(=O)c4ccccc4)[C@@H]12)C3(C)C. The van der Waals surface area contributed by atoms with Gasteiger partial charge in [-0.05, 0) is 43.0 Å². The van der Waals surface area contributed by atoms with Crippen molar-refractivity contribution in [3.8, 4) is 0 Å². The van der Waals surface area contributed by atoms with E-state index in [2.05, 4.69) is 0 Å². The highest BCUT2D eigenvalue weighted by Crippen LogP contribution is 2.64. The van der Waals surface area contributed by atoms with Gasteiger partial charge >= 0.3 is 11.9 Å². The molecule has 9 atom stereocenters. The summed E-state index contributed by atoms with van der Waals surface area (Å²) in [5.74, 6) is -2.22. The van der Waals surface area contributed by atoms with E-state index < -0.39 is 70.4 Å². The molecule has 1 heterocycles. The highest BCUT2D eigenvalue weighted by atomic mass is 16.6. The van der Waals surface area contributed by atoms with Crippen LogP contribution in [0.4, 0.5) is 0 Å². The summed E-state index contributed by atoms with van der Waals surface area (Å²) in [6.07, 6.45) is -5.22. The molecule has 2 saturated carbocycles. The number of carbonyl (C=O) groups is 2. The molecule has 0 radical (unpaired) electrons. The van der Waals surface area contributed by atoms with Crippen LogP contribution in [0.3, 0.4) is 0 Å². The van der Waals surface area contributed by atoms with Gasteiger partial charge < -0.3 is 34.6 Å². The van der Waals surface area contributed by atoms with Gasteiger partial charge in [0.2, 0.25) is 0 Å². The van der Waals surface area contributed by atoms with Gasteiger partial charge in [0.25, 0.3) is 0 Å². The van der Waals surface area contributed by atoms with E-state index in [1.54, 1.807) is 58.0 Å². The number of hydrogen-bond acceptors (Lipinski definition) is 9. The van der Waals surface area contributed by atoms with Crippen molar-refractivity contribution >= 4 is 11.9 Å². The normalized spacial score (nSPS) is 43.5. The number of benzene rings is 1. The zero-order chi connectivity index (χ0) is 27.8. The standard InChI is InChI=1S/C29H38O9/c1-15-18(31)13-29(35)24(37-25(34)17-9-7-6-8-10-17)22-27(5,23(33)21(32)20(15)26(29,3)4)12-11-19-28(22,14-36-19)38-16(2)30/h6-10,18-19,21-24,31-33,35H,11-14H2,1-5H3/t18-,19+,21+,22-,23+,24-,27+,28-,29+/m0/s1. The van der Waals surface area contributed by atoms with Crippen molar-refractivity contribution in [1.29, 1.82) is 0 Å². The third kappa shape index (κ3) is 3.55. The first-order valence-electron chi connectivity index (χ1n) is 13.3. The zero-order valence-corrected chi connectivity index (χ0v) is 22.5. The van der Waals surface area contributed by atoms with Crippen LogP contribution in [0.1, 0.15) is 64.2 Å². The van der Waals surface area contributed by atoms with E-state index in [-0.39, 0.29) is 18.6 Å². The summed E-state index contributed by atoms with van der Waals surface area (Å²) in [7, 11) is 0. The Morgan fingerprint density at radius 2 is 1.74 bits per heavy atom. The van der Waals surface area contributed by atoms with Crippen molar-refractivity contribution in [3.63, 3.8) is 0 Å². The average Bonchev–Trinajstić information content (AvgIpc) is 2.84.